The molecule has 2 aromatic carbocycles. The molecule has 5 rings (SSSR count). The minimum Gasteiger partial charge on any atom is -0.439 e. The first-order valence-electron chi connectivity index (χ1n) is 10.2. The van der Waals surface area contributed by atoms with E-state index in [1.807, 2.05) is 35.2 Å². The number of aromatic nitrogens is 3. The highest BCUT2D eigenvalue weighted by Gasteiger charge is 2.14. The number of rotatable bonds is 5. The van der Waals surface area contributed by atoms with Crippen LogP contribution in [0.3, 0.4) is 0 Å². The van der Waals surface area contributed by atoms with Gasteiger partial charge in [-0.25, -0.2) is 9.78 Å². The average molecular weight is 438 g/mol. The van der Waals surface area contributed by atoms with Crippen molar-refractivity contribution in [1.29, 1.82) is 0 Å². The summed E-state index contributed by atoms with van der Waals surface area (Å²) >= 11 is 0. The number of ether oxygens (including phenoxy) is 1. The van der Waals surface area contributed by atoms with Gasteiger partial charge in [0.1, 0.15) is 28.5 Å². The van der Waals surface area contributed by atoms with Gasteiger partial charge in [-0.2, -0.15) is 4.98 Å². The van der Waals surface area contributed by atoms with Crippen molar-refractivity contribution in [3.8, 4) is 17.4 Å². The van der Waals surface area contributed by atoms with Gasteiger partial charge in [0.2, 0.25) is 5.88 Å². The van der Waals surface area contributed by atoms with Crippen LogP contribution >= 0.6 is 0 Å². The number of anilines is 1. The quantitative estimate of drug-likeness (QED) is 0.399. The van der Waals surface area contributed by atoms with E-state index in [-0.39, 0.29) is 5.56 Å². The van der Waals surface area contributed by atoms with E-state index >= 15 is 0 Å². The van der Waals surface area contributed by atoms with Gasteiger partial charge in [0, 0.05) is 29.5 Å². The molecule has 0 aliphatic carbocycles. The minimum atomic E-state index is -0.691. The van der Waals surface area contributed by atoms with Crippen LogP contribution in [0.4, 0.5) is 5.69 Å². The molecule has 0 aliphatic heterocycles. The summed E-state index contributed by atoms with van der Waals surface area (Å²) in [6, 6.07) is 20.9. The van der Waals surface area contributed by atoms with E-state index in [4.69, 9.17) is 9.15 Å². The third kappa shape index (κ3) is 4.35. The molecule has 0 aliphatic rings. The standard InChI is InChI=1S/C25H18N4O4/c1-16-26-22(29-12-4-5-13-29)15-23(27-16)32-19-10-8-18(9-11-19)28-24(30)20-14-17-6-2-3-7-21(17)33-25(20)31/h2-15H,1H3,(H,28,30). The molecule has 162 valence electrons. The number of fused-ring (bicyclic) bond motifs is 1. The summed E-state index contributed by atoms with van der Waals surface area (Å²) in [5.41, 5.74) is 0.180. The number of para-hydroxylation sites is 1. The summed E-state index contributed by atoms with van der Waals surface area (Å²) < 4.78 is 13.0. The second-order valence-electron chi connectivity index (χ2n) is 7.27. The Hall–Kier alpha value is -4.72. The lowest BCUT2D eigenvalue weighted by Crippen LogP contribution is -2.20. The summed E-state index contributed by atoms with van der Waals surface area (Å²) in [6.45, 7) is 1.79. The fraction of sp³-hybridized carbons (Fsp3) is 0.0400. The molecule has 8 heteroatoms. The van der Waals surface area contributed by atoms with Crippen molar-refractivity contribution >= 4 is 22.6 Å². The van der Waals surface area contributed by atoms with Gasteiger partial charge in [0.25, 0.3) is 5.91 Å². The fourth-order valence-corrected chi connectivity index (χ4v) is 3.34. The van der Waals surface area contributed by atoms with Crippen molar-refractivity contribution in [1.82, 2.24) is 14.5 Å². The number of benzene rings is 2. The zero-order valence-corrected chi connectivity index (χ0v) is 17.6. The number of carbonyl (C=O) groups excluding carboxylic acids is 1. The highest BCUT2D eigenvalue weighted by molar-refractivity contribution is 6.05. The number of hydrogen-bond donors (Lipinski definition) is 1. The van der Waals surface area contributed by atoms with Gasteiger partial charge in [-0.3, -0.25) is 4.79 Å². The fourth-order valence-electron chi connectivity index (χ4n) is 3.34. The lowest BCUT2D eigenvalue weighted by Gasteiger charge is -2.10. The minimum absolute atomic E-state index is 0.0666. The van der Waals surface area contributed by atoms with E-state index in [0.717, 1.165) is 0 Å². The van der Waals surface area contributed by atoms with Crippen LogP contribution in [0.2, 0.25) is 0 Å². The van der Waals surface area contributed by atoms with Crippen molar-refractivity contribution in [3.05, 3.63) is 107 Å². The molecule has 33 heavy (non-hydrogen) atoms. The molecule has 1 amide bonds. The molecule has 0 radical (unpaired) electrons. The summed E-state index contributed by atoms with van der Waals surface area (Å²) in [4.78, 5) is 33.6. The van der Waals surface area contributed by atoms with E-state index < -0.39 is 11.5 Å². The molecule has 0 unspecified atom stereocenters. The summed E-state index contributed by atoms with van der Waals surface area (Å²) in [5, 5.41) is 3.38. The topological polar surface area (TPSA) is 99.3 Å². The molecule has 0 bridgehead atoms. The van der Waals surface area contributed by atoms with Crippen LogP contribution in [-0.4, -0.2) is 20.4 Å². The summed E-state index contributed by atoms with van der Waals surface area (Å²) in [5.74, 6) is 1.66. The van der Waals surface area contributed by atoms with Crippen molar-refractivity contribution in [2.75, 3.05) is 5.32 Å². The molecular formula is C25H18N4O4. The van der Waals surface area contributed by atoms with Crippen molar-refractivity contribution in [3.63, 3.8) is 0 Å². The van der Waals surface area contributed by atoms with Crippen LogP contribution in [0.25, 0.3) is 16.8 Å². The number of carbonyl (C=O) groups is 1. The highest BCUT2D eigenvalue weighted by Crippen LogP contribution is 2.23. The van der Waals surface area contributed by atoms with Gasteiger partial charge in [-0.05, 0) is 55.5 Å². The predicted octanol–water partition coefficient (Wildman–Crippen LogP) is 4.73. The Balaban J connectivity index is 1.32. The van der Waals surface area contributed by atoms with Crippen LogP contribution in [0.5, 0.6) is 11.6 Å². The average Bonchev–Trinajstić information content (AvgIpc) is 3.35. The normalized spacial score (nSPS) is 10.8. The zero-order chi connectivity index (χ0) is 22.8. The van der Waals surface area contributed by atoms with Crippen molar-refractivity contribution < 1.29 is 13.9 Å². The number of amides is 1. The Labute approximate surface area is 188 Å². The third-order valence-electron chi connectivity index (χ3n) is 4.89. The molecule has 1 N–H and O–H groups in total. The molecule has 0 saturated heterocycles. The molecule has 3 aromatic heterocycles. The summed E-state index contributed by atoms with van der Waals surface area (Å²) in [6.07, 6.45) is 3.78. The SMILES string of the molecule is Cc1nc(Oc2ccc(NC(=O)c3cc4ccccc4oc3=O)cc2)cc(-n2cccc2)n1. The van der Waals surface area contributed by atoms with Gasteiger partial charge in [-0.15, -0.1) is 0 Å². The van der Waals surface area contributed by atoms with Crippen LogP contribution < -0.4 is 15.7 Å². The predicted molar refractivity (Wildman–Crippen MR) is 123 cm³/mol. The largest absolute Gasteiger partial charge is 0.439 e. The lowest BCUT2D eigenvalue weighted by molar-refractivity contribution is 0.102. The van der Waals surface area contributed by atoms with E-state index in [1.54, 1.807) is 55.5 Å². The molecule has 0 saturated carbocycles. The van der Waals surface area contributed by atoms with Crippen molar-refractivity contribution in [2.45, 2.75) is 6.92 Å². The molecule has 3 heterocycles. The number of hydrogen-bond acceptors (Lipinski definition) is 6. The van der Waals surface area contributed by atoms with E-state index in [1.165, 1.54) is 6.07 Å². The Morgan fingerprint density at radius 3 is 2.52 bits per heavy atom. The second kappa shape index (κ2) is 8.43. The van der Waals surface area contributed by atoms with Gasteiger partial charge >= 0.3 is 5.63 Å². The van der Waals surface area contributed by atoms with E-state index in [2.05, 4.69) is 15.3 Å². The first kappa shape index (κ1) is 20.2. The molecule has 0 atom stereocenters. The van der Waals surface area contributed by atoms with E-state index in [9.17, 15) is 9.59 Å². The number of aryl methyl sites for hydroxylation is 1. The highest BCUT2D eigenvalue weighted by atomic mass is 16.5. The molecule has 0 spiro atoms. The third-order valence-corrected chi connectivity index (χ3v) is 4.89. The maximum Gasteiger partial charge on any atom is 0.349 e. The molecular weight excluding hydrogens is 420 g/mol. The van der Waals surface area contributed by atoms with Crippen molar-refractivity contribution in [2.24, 2.45) is 0 Å². The van der Waals surface area contributed by atoms with Crippen LogP contribution in [0, 0.1) is 6.92 Å². The summed E-state index contributed by atoms with van der Waals surface area (Å²) in [7, 11) is 0. The molecule has 8 nitrogen and oxygen atoms in total. The Bertz CT molecular complexity index is 1510. The van der Waals surface area contributed by atoms with Gasteiger partial charge in [-0.1, -0.05) is 18.2 Å². The van der Waals surface area contributed by atoms with Gasteiger partial charge in [0.05, 0.1) is 0 Å². The smallest absolute Gasteiger partial charge is 0.349 e. The maximum atomic E-state index is 12.6. The molecule has 0 fully saturated rings. The Morgan fingerprint density at radius 2 is 1.73 bits per heavy atom. The number of nitrogens with zero attached hydrogens (tertiary/aromatic N) is 3. The lowest BCUT2D eigenvalue weighted by atomic mass is 10.1. The van der Waals surface area contributed by atoms with Gasteiger partial charge < -0.3 is 19.0 Å². The van der Waals surface area contributed by atoms with Crippen LogP contribution in [0.1, 0.15) is 16.2 Å². The van der Waals surface area contributed by atoms with Crippen LogP contribution in [-0.2, 0) is 0 Å². The van der Waals surface area contributed by atoms with E-state index in [0.29, 0.717) is 39.9 Å². The molecule has 5 aromatic rings. The van der Waals surface area contributed by atoms with Crippen LogP contribution in [0.15, 0.2) is 94.4 Å². The Morgan fingerprint density at radius 1 is 0.970 bits per heavy atom. The first-order valence-corrected chi connectivity index (χ1v) is 10.2. The second-order valence-corrected chi connectivity index (χ2v) is 7.27. The van der Waals surface area contributed by atoms with Gasteiger partial charge in [0.15, 0.2) is 0 Å². The number of nitrogens with one attached hydrogen (secondary N) is 1. The maximum absolute atomic E-state index is 12.6. The monoisotopic (exact) mass is 438 g/mol. The Kier molecular flexibility index (Phi) is 5.16. The zero-order valence-electron chi connectivity index (χ0n) is 17.6. The first-order chi connectivity index (χ1) is 16.0.